The molecule has 17 heavy (non-hydrogen) atoms. The van der Waals surface area contributed by atoms with Gasteiger partial charge in [-0.1, -0.05) is 13.0 Å². The van der Waals surface area contributed by atoms with E-state index in [-0.39, 0.29) is 17.1 Å². The molecule has 3 nitrogen and oxygen atoms in total. The van der Waals surface area contributed by atoms with E-state index in [1.54, 1.807) is 12.1 Å². The van der Waals surface area contributed by atoms with E-state index in [0.717, 1.165) is 0 Å². The van der Waals surface area contributed by atoms with E-state index in [9.17, 15) is 9.18 Å². The normalized spacial score (nSPS) is 9.71. The number of ketones is 1. The zero-order chi connectivity index (χ0) is 12.7. The van der Waals surface area contributed by atoms with Crippen molar-refractivity contribution in [2.75, 3.05) is 6.61 Å². The number of ether oxygens (including phenoxy) is 1. The Kier molecular flexibility index (Phi) is 5.15. The number of nitriles is 1. The molecule has 0 atom stereocenters. The fourth-order valence-corrected chi connectivity index (χ4v) is 1.36. The van der Waals surface area contributed by atoms with Gasteiger partial charge in [0.05, 0.1) is 6.61 Å². The Bertz CT molecular complexity index is 438. The van der Waals surface area contributed by atoms with Gasteiger partial charge in [0.2, 0.25) is 0 Å². The van der Waals surface area contributed by atoms with E-state index >= 15 is 0 Å². The van der Waals surface area contributed by atoms with Crippen LogP contribution >= 0.6 is 0 Å². The van der Waals surface area contributed by atoms with Gasteiger partial charge in [0.15, 0.2) is 0 Å². The topological polar surface area (TPSA) is 50.1 Å². The average Bonchev–Trinajstić information content (AvgIpc) is 2.34. The number of benzene rings is 1. The molecule has 0 saturated heterocycles. The summed E-state index contributed by atoms with van der Waals surface area (Å²) in [4.78, 5) is 11.0. The zero-order valence-electron chi connectivity index (χ0n) is 9.70. The largest absolute Gasteiger partial charge is 0.492 e. The monoisotopic (exact) mass is 235 g/mol. The van der Waals surface area contributed by atoms with Gasteiger partial charge in [-0.2, -0.15) is 5.26 Å². The molecule has 1 aromatic carbocycles. The summed E-state index contributed by atoms with van der Waals surface area (Å²) < 4.78 is 18.5. The molecule has 0 unspecified atom stereocenters. The Labute approximate surface area is 99.8 Å². The van der Waals surface area contributed by atoms with Crippen LogP contribution in [-0.2, 0) is 4.79 Å². The van der Waals surface area contributed by atoms with Crippen LogP contribution in [-0.4, -0.2) is 12.4 Å². The highest BCUT2D eigenvalue weighted by molar-refractivity contribution is 5.77. The average molecular weight is 235 g/mol. The highest BCUT2D eigenvalue weighted by Crippen LogP contribution is 2.20. The van der Waals surface area contributed by atoms with Gasteiger partial charge in [-0.3, -0.25) is 4.79 Å². The van der Waals surface area contributed by atoms with Crippen LogP contribution in [0.3, 0.4) is 0 Å². The van der Waals surface area contributed by atoms with Gasteiger partial charge in [0.1, 0.15) is 29.0 Å². The molecule has 0 N–H and O–H groups in total. The van der Waals surface area contributed by atoms with Gasteiger partial charge < -0.3 is 4.74 Å². The second kappa shape index (κ2) is 6.64. The van der Waals surface area contributed by atoms with Crippen molar-refractivity contribution in [2.45, 2.75) is 26.2 Å². The zero-order valence-corrected chi connectivity index (χ0v) is 9.70. The van der Waals surface area contributed by atoms with Crippen LogP contribution in [0.4, 0.5) is 4.39 Å². The Morgan fingerprint density at radius 2 is 2.29 bits per heavy atom. The number of hydrogen-bond acceptors (Lipinski definition) is 3. The van der Waals surface area contributed by atoms with Crippen LogP contribution in [0, 0.1) is 17.1 Å². The first-order chi connectivity index (χ1) is 8.19. The number of rotatable bonds is 6. The molecule has 0 bridgehead atoms. The molecule has 0 radical (unpaired) electrons. The van der Waals surface area contributed by atoms with Crippen molar-refractivity contribution in [3.8, 4) is 11.8 Å². The van der Waals surface area contributed by atoms with E-state index < -0.39 is 5.82 Å². The van der Waals surface area contributed by atoms with Crippen LogP contribution in [0.25, 0.3) is 0 Å². The van der Waals surface area contributed by atoms with Crippen molar-refractivity contribution < 1.29 is 13.9 Å². The van der Waals surface area contributed by atoms with E-state index in [1.807, 2.05) is 6.92 Å². The predicted octanol–water partition coefficient (Wildman–Crippen LogP) is 2.84. The lowest BCUT2D eigenvalue weighted by Crippen LogP contribution is -2.03. The first kappa shape index (κ1) is 13.2. The number of halogens is 1. The molecular weight excluding hydrogens is 221 g/mol. The first-order valence-electron chi connectivity index (χ1n) is 5.52. The second-order valence-electron chi connectivity index (χ2n) is 3.57. The standard InChI is InChI=1S/C13H14FNO2/c1-2-10(16)5-4-8-17-13-7-3-6-12(14)11(13)9-15/h3,6-7H,2,4-5,8H2,1H3. The van der Waals surface area contributed by atoms with Crippen molar-refractivity contribution in [1.82, 2.24) is 0 Å². The van der Waals surface area contributed by atoms with Gasteiger partial charge in [-0.05, 0) is 18.6 Å². The Morgan fingerprint density at radius 3 is 2.94 bits per heavy atom. The van der Waals surface area contributed by atoms with Crippen LogP contribution in [0.1, 0.15) is 31.7 Å². The minimum Gasteiger partial charge on any atom is -0.492 e. The number of hydrogen-bond donors (Lipinski definition) is 0. The summed E-state index contributed by atoms with van der Waals surface area (Å²) in [6.07, 6.45) is 1.55. The Morgan fingerprint density at radius 1 is 1.53 bits per heavy atom. The molecule has 0 amide bonds. The second-order valence-corrected chi connectivity index (χ2v) is 3.57. The SMILES string of the molecule is CCC(=O)CCCOc1cccc(F)c1C#N. The van der Waals surface area contributed by atoms with Crippen LogP contribution in [0.15, 0.2) is 18.2 Å². The fraction of sp³-hybridized carbons (Fsp3) is 0.385. The number of carbonyl (C=O) groups is 1. The predicted molar refractivity (Wildman–Crippen MR) is 61.1 cm³/mol. The number of nitrogens with zero attached hydrogens (tertiary/aromatic N) is 1. The summed E-state index contributed by atoms with van der Waals surface area (Å²) in [6.45, 7) is 2.12. The molecule has 0 fully saturated rings. The smallest absolute Gasteiger partial charge is 0.144 e. The molecular formula is C13H14FNO2. The van der Waals surface area contributed by atoms with Crippen molar-refractivity contribution in [3.05, 3.63) is 29.6 Å². The summed E-state index contributed by atoms with van der Waals surface area (Å²) in [5.74, 6) is -0.181. The minimum absolute atomic E-state index is 0.0886. The van der Waals surface area contributed by atoms with E-state index in [1.165, 1.54) is 12.1 Å². The van der Waals surface area contributed by atoms with E-state index in [4.69, 9.17) is 10.00 Å². The van der Waals surface area contributed by atoms with E-state index in [2.05, 4.69) is 0 Å². The highest BCUT2D eigenvalue weighted by atomic mass is 19.1. The maximum absolute atomic E-state index is 13.2. The summed E-state index contributed by atoms with van der Waals surface area (Å²) in [5.41, 5.74) is -0.0886. The third kappa shape index (κ3) is 3.87. The van der Waals surface area contributed by atoms with Crippen LogP contribution in [0.5, 0.6) is 5.75 Å². The Hall–Kier alpha value is -1.89. The summed E-state index contributed by atoms with van der Waals surface area (Å²) >= 11 is 0. The molecule has 1 rings (SSSR count). The molecule has 0 aliphatic carbocycles. The lowest BCUT2D eigenvalue weighted by Gasteiger charge is -2.07. The summed E-state index contributed by atoms with van der Waals surface area (Å²) in [7, 11) is 0. The van der Waals surface area contributed by atoms with Gasteiger partial charge in [0.25, 0.3) is 0 Å². The fourth-order valence-electron chi connectivity index (χ4n) is 1.36. The summed E-state index contributed by atoms with van der Waals surface area (Å²) in [6, 6.07) is 6.01. The number of Topliss-reactive ketones (excluding diaryl/α,β-unsaturated/α-hetero) is 1. The van der Waals surface area contributed by atoms with Gasteiger partial charge >= 0.3 is 0 Å². The minimum atomic E-state index is -0.588. The molecule has 0 heterocycles. The quantitative estimate of drug-likeness (QED) is 0.712. The lowest BCUT2D eigenvalue weighted by molar-refractivity contribution is -0.118. The maximum Gasteiger partial charge on any atom is 0.144 e. The number of carbonyl (C=O) groups excluding carboxylic acids is 1. The molecule has 0 aliphatic rings. The Balaban J connectivity index is 2.50. The lowest BCUT2D eigenvalue weighted by atomic mass is 10.2. The third-order valence-corrected chi connectivity index (χ3v) is 2.34. The summed E-state index contributed by atoms with van der Waals surface area (Å²) in [5, 5.41) is 8.76. The van der Waals surface area contributed by atoms with Crippen LogP contribution in [0.2, 0.25) is 0 Å². The third-order valence-electron chi connectivity index (χ3n) is 2.34. The molecule has 4 heteroatoms. The van der Waals surface area contributed by atoms with E-state index in [0.29, 0.717) is 25.9 Å². The van der Waals surface area contributed by atoms with Crippen LogP contribution < -0.4 is 4.74 Å². The van der Waals surface area contributed by atoms with Gasteiger partial charge in [-0.15, -0.1) is 0 Å². The van der Waals surface area contributed by atoms with Gasteiger partial charge in [0, 0.05) is 12.8 Å². The molecule has 1 aromatic rings. The highest BCUT2D eigenvalue weighted by Gasteiger charge is 2.08. The molecule has 0 aromatic heterocycles. The van der Waals surface area contributed by atoms with Crippen molar-refractivity contribution in [2.24, 2.45) is 0 Å². The molecule has 0 aliphatic heterocycles. The van der Waals surface area contributed by atoms with Gasteiger partial charge in [-0.25, -0.2) is 4.39 Å². The first-order valence-corrected chi connectivity index (χ1v) is 5.52. The van der Waals surface area contributed by atoms with Crippen molar-refractivity contribution in [1.29, 1.82) is 5.26 Å². The molecule has 90 valence electrons. The van der Waals surface area contributed by atoms with Crippen molar-refractivity contribution >= 4 is 5.78 Å². The van der Waals surface area contributed by atoms with Crippen molar-refractivity contribution in [3.63, 3.8) is 0 Å². The molecule has 0 spiro atoms. The maximum atomic E-state index is 13.2. The molecule has 0 saturated carbocycles.